The SMILES string of the molecule is CCC(=O)[C@H]1CC[C@H]2[C@@H]3CC[C@H]4C[C@@](O)(COC)CC[C@]4(C)[C@H]3CC[C@]12C. The van der Waals surface area contributed by atoms with Gasteiger partial charge in [0.15, 0.2) is 0 Å². The predicted molar refractivity (Wildman–Crippen MR) is 107 cm³/mol. The third-order valence-electron chi connectivity index (χ3n) is 9.97. The van der Waals surface area contributed by atoms with Gasteiger partial charge in [0.1, 0.15) is 5.78 Å². The molecule has 154 valence electrons. The fourth-order valence-electron chi connectivity index (χ4n) is 8.50. The highest BCUT2D eigenvalue weighted by atomic mass is 16.5. The van der Waals surface area contributed by atoms with E-state index in [9.17, 15) is 9.90 Å². The van der Waals surface area contributed by atoms with E-state index < -0.39 is 5.60 Å². The van der Waals surface area contributed by atoms with Gasteiger partial charge in [-0.2, -0.15) is 0 Å². The molecule has 0 heterocycles. The van der Waals surface area contributed by atoms with Gasteiger partial charge < -0.3 is 9.84 Å². The van der Waals surface area contributed by atoms with Gasteiger partial charge in [0.2, 0.25) is 0 Å². The highest BCUT2D eigenvalue weighted by Crippen LogP contribution is 2.68. The summed E-state index contributed by atoms with van der Waals surface area (Å²) in [6.07, 6.45) is 11.1. The predicted octanol–water partition coefficient (Wildman–Crippen LogP) is 5.00. The van der Waals surface area contributed by atoms with E-state index >= 15 is 0 Å². The standard InChI is InChI=1S/C24H40O3/c1-5-21(25)20-9-8-18-17-7-6-16-14-24(26,15-27-4)13-12-22(16,2)19(17)10-11-23(18,20)3/h16-20,26H,5-15H2,1-4H3/t16-,17-,18-,19-,20+,22-,23-,24+/m0/s1. The van der Waals surface area contributed by atoms with Crippen molar-refractivity contribution in [3.8, 4) is 0 Å². The van der Waals surface area contributed by atoms with Crippen LogP contribution < -0.4 is 0 Å². The summed E-state index contributed by atoms with van der Waals surface area (Å²) in [5.41, 5.74) is 0.0148. The first-order chi connectivity index (χ1) is 12.8. The van der Waals surface area contributed by atoms with Gasteiger partial charge in [-0.1, -0.05) is 20.8 Å². The van der Waals surface area contributed by atoms with Crippen LogP contribution in [-0.2, 0) is 9.53 Å². The number of Topliss-reactive ketones (excluding diaryl/α,β-unsaturated/α-hetero) is 1. The van der Waals surface area contributed by atoms with Crippen LogP contribution in [-0.4, -0.2) is 30.2 Å². The van der Waals surface area contributed by atoms with Gasteiger partial charge in [-0.25, -0.2) is 0 Å². The lowest BCUT2D eigenvalue weighted by molar-refractivity contribution is -0.164. The molecular formula is C24H40O3. The molecule has 0 spiro atoms. The Morgan fingerprint density at radius 1 is 1.00 bits per heavy atom. The molecule has 0 aromatic carbocycles. The number of carbonyl (C=O) groups is 1. The molecule has 0 aromatic heterocycles. The van der Waals surface area contributed by atoms with Crippen molar-refractivity contribution in [2.24, 2.45) is 40.4 Å². The van der Waals surface area contributed by atoms with E-state index in [4.69, 9.17) is 4.74 Å². The maximum atomic E-state index is 12.6. The minimum atomic E-state index is -0.610. The molecular weight excluding hydrogens is 336 g/mol. The zero-order valence-electron chi connectivity index (χ0n) is 17.9. The van der Waals surface area contributed by atoms with E-state index in [0.29, 0.717) is 36.1 Å². The first-order valence-corrected chi connectivity index (χ1v) is 11.5. The quantitative estimate of drug-likeness (QED) is 0.751. The van der Waals surface area contributed by atoms with Crippen molar-refractivity contribution in [2.45, 2.75) is 90.6 Å². The minimum absolute atomic E-state index is 0.253. The smallest absolute Gasteiger partial charge is 0.136 e. The molecule has 4 aliphatic carbocycles. The second kappa shape index (κ2) is 6.83. The number of methoxy groups -OCH3 is 1. The van der Waals surface area contributed by atoms with Crippen molar-refractivity contribution < 1.29 is 14.6 Å². The number of ether oxygens (including phenoxy) is 1. The number of hydrogen-bond acceptors (Lipinski definition) is 3. The molecule has 0 bridgehead atoms. The van der Waals surface area contributed by atoms with Gasteiger partial charge in [-0.05, 0) is 92.3 Å². The van der Waals surface area contributed by atoms with Crippen LogP contribution in [0.3, 0.4) is 0 Å². The molecule has 0 amide bonds. The molecule has 27 heavy (non-hydrogen) atoms. The van der Waals surface area contributed by atoms with Crippen molar-refractivity contribution in [3.63, 3.8) is 0 Å². The largest absolute Gasteiger partial charge is 0.387 e. The molecule has 3 heteroatoms. The molecule has 0 radical (unpaired) electrons. The van der Waals surface area contributed by atoms with E-state index in [2.05, 4.69) is 13.8 Å². The molecule has 8 atom stereocenters. The van der Waals surface area contributed by atoms with Crippen LogP contribution in [0.2, 0.25) is 0 Å². The lowest BCUT2D eigenvalue weighted by Gasteiger charge is -2.62. The summed E-state index contributed by atoms with van der Waals surface area (Å²) in [6.45, 7) is 7.51. The van der Waals surface area contributed by atoms with Crippen LogP contribution in [0.25, 0.3) is 0 Å². The molecule has 4 fully saturated rings. The number of fused-ring (bicyclic) bond motifs is 5. The van der Waals surface area contributed by atoms with Gasteiger partial charge in [0, 0.05) is 19.4 Å². The zero-order valence-corrected chi connectivity index (χ0v) is 17.9. The Balaban J connectivity index is 1.55. The zero-order chi connectivity index (χ0) is 19.4. The molecule has 4 aliphatic rings. The highest BCUT2D eigenvalue weighted by molar-refractivity contribution is 5.82. The van der Waals surface area contributed by atoms with Crippen molar-refractivity contribution in [1.29, 1.82) is 0 Å². The van der Waals surface area contributed by atoms with Gasteiger partial charge >= 0.3 is 0 Å². The fraction of sp³-hybridized carbons (Fsp3) is 0.958. The third kappa shape index (κ3) is 2.94. The molecule has 4 rings (SSSR count). The minimum Gasteiger partial charge on any atom is -0.387 e. The molecule has 1 N–H and O–H groups in total. The monoisotopic (exact) mass is 376 g/mol. The first kappa shape index (κ1) is 19.9. The van der Waals surface area contributed by atoms with E-state index in [-0.39, 0.29) is 5.41 Å². The molecule has 4 saturated carbocycles. The Bertz CT molecular complexity index is 588. The lowest BCUT2D eigenvalue weighted by atomic mass is 9.44. The van der Waals surface area contributed by atoms with Gasteiger partial charge in [0.25, 0.3) is 0 Å². The first-order valence-electron chi connectivity index (χ1n) is 11.5. The Morgan fingerprint density at radius 3 is 2.44 bits per heavy atom. The van der Waals surface area contributed by atoms with Crippen molar-refractivity contribution in [2.75, 3.05) is 13.7 Å². The van der Waals surface area contributed by atoms with Crippen LogP contribution >= 0.6 is 0 Å². The molecule has 0 saturated heterocycles. The maximum absolute atomic E-state index is 12.6. The Morgan fingerprint density at radius 2 is 1.74 bits per heavy atom. The van der Waals surface area contributed by atoms with Crippen LogP contribution in [0.1, 0.15) is 85.0 Å². The van der Waals surface area contributed by atoms with Crippen LogP contribution in [0.4, 0.5) is 0 Å². The summed E-state index contributed by atoms with van der Waals surface area (Å²) in [7, 11) is 1.71. The topological polar surface area (TPSA) is 46.5 Å². The maximum Gasteiger partial charge on any atom is 0.136 e. The van der Waals surface area contributed by atoms with Gasteiger partial charge in [0.05, 0.1) is 12.2 Å². The average molecular weight is 377 g/mol. The Hall–Kier alpha value is -0.410. The van der Waals surface area contributed by atoms with Crippen molar-refractivity contribution in [1.82, 2.24) is 0 Å². The number of carbonyl (C=O) groups excluding carboxylic acids is 1. The number of aliphatic hydroxyl groups is 1. The summed E-state index contributed by atoms with van der Waals surface area (Å²) in [5.74, 6) is 3.80. The fourth-order valence-corrected chi connectivity index (χ4v) is 8.50. The Kier molecular flexibility index (Phi) is 5.03. The molecule has 3 nitrogen and oxygen atoms in total. The van der Waals surface area contributed by atoms with E-state index in [1.54, 1.807) is 7.11 Å². The highest BCUT2D eigenvalue weighted by Gasteiger charge is 2.61. The average Bonchev–Trinajstić information content (AvgIpc) is 2.99. The third-order valence-corrected chi connectivity index (χ3v) is 9.97. The normalized spacial score (nSPS) is 52.0. The molecule has 0 aromatic rings. The van der Waals surface area contributed by atoms with E-state index in [1.165, 1.54) is 32.1 Å². The second-order valence-electron chi connectivity index (χ2n) is 11.0. The van der Waals surface area contributed by atoms with Crippen LogP contribution in [0.15, 0.2) is 0 Å². The van der Waals surface area contributed by atoms with Crippen LogP contribution in [0.5, 0.6) is 0 Å². The van der Waals surface area contributed by atoms with E-state index in [1.807, 2.05) is 6.92 Å². The Labute approximate surface area is 165 Å². The molecule has 0 aliphatic heterocycles. The summed E-state index contributed by atoms with van der Waals surface area (Å²) in [5, 5.41) is 11.0. The van der Waals surface area contributed by atoms with Gasteiger partial charge in [-0.15, -0.1) is 0 Å². The van der Waals surface area contributed by atoms with Crippen molar-refractivity contribution >= 4 is 5.78 Å². The lowest BCUT2D eigenvalue weighted by Crippen LogP contribution is -2.56. The van der Waals surface area contributed by atoms with E-state index in [0.717, 1.165) is 43.4 Å². The van der Waals surface area contributed by atoms with Crippen molar-refractivity contribution in [3.05, 3.63) is 0 Å². The second-order valence-corrected chi connectivity index (χ2v) is 11.0. The summed E-state index contributed by atoms with van der Waals surface area (Å²) in [4.78, 5) is 12.6. The summed E-state index contributed by atoms with van der Waals surface area (Å²) >= 11 is 0. The number of hydrogen-bond donors (Lipinski definition) is 1. The number of ketones is 1. The number of rotatable bonds is 4. The van der Waals surface area contributed by atoms with Gasteiger partial charge in [-0.3, -0.25) is 4.79 Å². The summed E-state index contributed by atoms with van der Waals surface area (Å²) < 4.78 is 5.34. The van der Waals surface area contributed by atoms with Crippen LogP contribution in [0, 0.1) is 40.4 Å². The summed E-state index contributed by atoms with van der Waals surface area (Å²) in [6, 6.07) is 0. The molecule has 0 unspecified atom stereocenters.